The maximum atomic E-state index is 13.6. The molecule has 35 heavy (non-hydrogen) atoms. The average molecular weight is 483 g/mol. The number of hydrogen-bond donors (Lipinski definition) is 4. The minimum absolute atomic E-state index is 0.0255. The Balaban J connectivity index is 1.37. The quantitative estimate of drug-likeness (QED) is 0.434. The Morgan fingerprint density at radius 1 is 1.26 bits per heavy atom. The summed E-state index contributed by atoms with van der Waals surface area (Å²) in [5.41, 5.74) is 1.13. The number of aliphatic hydroxyl groups excluding tert-OH is 1. The molecule has 3 aliphatic rings. The van der Waals surface area contributed by atoms with Gasteiger partial charge in [0.05, 0.1) is 13.2 Å². The number of rotatable bonds is 8. The molecule has 1 aliphatic carbocycles. The Morgan fingerprint density at radius 3 is 2.74 bits per heavy atom. The van der Waals surface area contributed by atoms with Crippen LogP contribution in [0.15, 0.2) is 24.3 Å². The first-order chi connectivity index (χ1) is 16.9. The van der Waals surface area contributed by atoms with Crippen molar-refractivity contribution in [3.8, 4) is 5.75 Å². The summed E-state index contributed by atoms with van der Waals surface area (Å²) >= 11 is 0. The van der Waals surface area contributed by atoms with Crippen molar-refractivity contribution < 1.29 is 29.0 Å². The van der Waals surface area contributed by atoms with Gasteiger partial charge in [-0.3, -0.25) is 19.2 Å². The molecule has 5 unspecified atom stereocenters. The Bertz CT molecular complexity index is 1180. The van der Waals surface area contributed by atoms with E-state index in [1.165, 1.54) is 0 Å². The van der Waals surface area contributed by atoms with Crippen molar-refractivity contribution in [3.05, 3.63) is 30.0 Å². The highest BCUT2D eigenvalue weighted by Crippen LogP contribution is 2.45. The van der Waals surface area contributed by atoms with Gasteiger partial charge in [-0.2, -0.15) is 0 Å². The van der Waals surface area contributed by atoms with Gasteiger partial charge in [0, 0.05) is 29.9 Å². The second kappa shape index (κ2) is 9.33. The van der Waals surface area contributed by atoms with Crippen LogP contribution in [-0.4, -0.2) is 77.4 Å². The smallest absolute Gasteiger partial charge is 0.271 e. The summed E-state index contributed by atoms with van der Waals surface area (Å²) in [4.78, 5) is 56.2. The van der Waals surface area contributed by atoms with Crippen molar-refractivity contribution in [2.24, 2.45) is 17.8 Å². The van der Waals surface area contributed by atoms with Crippen LogP contribution in [0.2, 0.25) is 0 Å². The van der Waals surface area contributed by atoms with E-state index >= 15 is 0 Å². The first kappa shape index (κ1) is 23.3. The topological polar surface area (TPSA) is 141 Å². The van der Waals surface area contributed by atoms with Gasteiger partial charge < -0.3 is 30.4 Å². The van der Waals surface area contributed by atoms with Gasteiger partial charge in [-0.25, -0.2) is 0 Å². The van der Waals surface area contributed by atoms with Crippen LogP contribution in [0.3, 0.4) is 0 Å². The molecule has 186 valence electrons. The number of likely N-dealkylation sites (tertiary alicyclic amines) is 1. The summed E-state index contributed by atoms with van der Waals surface area (Å²) in [6, 6.07) is 5.57. The maximum absolute atomic E-state index is 13.6. The molecular weight excluding hydrogens is 452 g/mol. The molecular formula is C25H30N4O6. The first-order valence-electron chi connectivity index (χ1n) is 12.1. The minimum Gasteiger partial charge on any atom is -0.496 e. The molecule has 0 radical (unpaired) electrons. The fourth-order valence-corrected chi connectivity index (χ4v) is 5.75. The number of nitrogens with one attached hydrogen (secondary N) is 3. The third-order valence-corrected chi connectivity index (χ3v) is 7.80. The van der Waals surface area contributed by atoms with Crippen molar-refractivity contribution in [2.75, 3.05) is 26.8 Å². The van der Waals surface area contributed by atoms with E-state index in [-0.39, 0.29) is 30.1 Å². The number of fused-ring (bicyclic) bond motifs is 2. The number of amides is 3. The number of aromatic nitrogens is 1. The number of carbonyl (C=O) groups is 4. The molecule has 2 aromatic rings. The third-order valence-electron chi connectivity index (χ3n) is 7.80. The van der Waals surface area contributed by atoms with Crippen LogP contribution in [0.25, 0.3) is 10.9 Å². The number of aliphatic hydroxyl groups is 1. The molecule has 5 rings (SSSR count). The number of ketones is 1. The van der Waals surface area contributed by atoms with E-state index in [0.29, 0.717) is 31.0 Å². The molecule has 3 fully saturated rings. The Hall–Kier alpha value is -3.40. The van der Waals surface area contributed by atoms with Crippen molar-refractivity contribution in [3.63, 3.8) is 0 Å². The number of H-pyrrole nitrogens is 1. The molecule has 10 heteroatoms. The molecule has 1 aromatic heterocycles. The Kier molecular flexibility index (Phi) is 6.22. The zero-order chi connectivity index (χ0) is 24.7. The minimum atomic E-state index is -0.977. The molecule has 4 N–H and O–H groups in total. The fourth-order valence-electron chi connectivity index (χ4n) is 5.75. The predicted octanol–water partition coefficient (Wildman–Crippen LogP) is 0.600. The average Bonchev–Trinajstić information content (AvgIpc) is 3.53. The predicted molar refractivity (Wildman–Crippen MR) is 126 cm³/mol. The van der Waals surface area contributed by atoms with Crippen LogP contribution in [0.4, 0.5) is 0 Å². The number of Topliss-reactive ketones (excluding diaryl/α,β-unsaturated/α-hetero) is 1. The lowest BCUT2D eigenvalue weighted by atomic mass is 9.73. The molecule has 0 bridgehead atoms. The first-order valence-corrected chi connectivity index (χ1v) is 12.1. The fraction of sp³-hybridized carbons (Fsp3) is 0.520. The highest BCUT2D eigenvalue weighted by molar-refractivity contribution is 6.02. The SMILES string of the molecule is COc1cccc2[nH]c(C(=O)N3CC4CCC4C3C(=O)NC(CC3CCNC3=O)C(=O)CO)cc12. The van der Waals surface area contributed by atoms with E-state index < -0.39 is 36.3 Å². The van der Waals surface area contributed by atoms with Crippen molar-refractivity contribution in [1.82, 2.24) is 20.5 Å². The molecule has 2 saturated heterocycles. The van der Waals surface area contributed by atoms with Gasteiger partial charge in [0.25, 0.3) is 5.91 Å². The van der Waals surface area contributed by atoms with Gasteiger partial charge >= 0.3 is 0 Å². The van der Waals surface area contributed by atoms with Crippen LogP contribution in [0.5, 0.6) is 5.75 Å². The second-order valence-corrected chi connectivity index (χ2v) is 9.71. The number of hydrogen-bond acceptors (Lipinski definition) is 6. The molecule has 10 nitrogen and oxygen atoms in total. The lowest BCUT2D eigenvalue weighted by Gasteiger charge is -2.33. The van der Waals surface area contributed by atoms with Crippen molar-refractivity contribution in [1.29, 1.82) is 0 Å². The van der Waals surface area contributed by atoms with Gasteiger partial charge in [-0.05, 0) is 55.7 Å². The molecule has 3 heterocycles. The summed E-state index contributed by atoms with van der Waals surface area (Å²) in [5.74, 6) is -0.867. The lowest BCUT2D eigenvalue weighted by Crippen LogP contribution is -2.54. The number of ether oxygens (including phenoxy) is 1. The van der Waals surface area contributed by atoms with E-state index in [0.717, 1.165) is 23.7 Å². The van der Waals surface area contributed by atoms with E-state index in [4.69, 9.17) is 4.74 Å². The Labute approximate surface area is 202 Å². The summed E-state index contributed by atoms with van der Waals surface area (Å²) in [5, 5.41) is 15.7. The van der Waals surface area contributed by atoms with Crippen LogP contribution in [-0.2, 0) is 14.4 Å². The maximum Gasteiger partial charge on any atom is 0.271 e. The number of methoxy groups -OCH3 is 1. The van der Waals surface area contributed by atoms with Gasteiger partial charge in [0.1, 0.15) is 24.1 Å². The zero-order valence-corrected chi connectivity index (χ0v) is 19.6. The summed E-state index contributed by atoms with van der Waals surface area (Å²) < 4.78 is 5.40. The number of aromatic amines is 1. The summed E-state index contributed by atoms with van der Waals surface area (Å²) in [6.45, 7) is 0.273. The van der Waals surface area contributed by atoms with E-state index in [9.17, 15) is 24.3 Å². The molecule has 1 aromatic carbocycles. The third kappa shape index (κ3) is 4.16. The van der Waals surface area contributed by atoms with Crippen LogP contribution < -0.4 is 15.4 Å². The van der Waals surface area contributed by atoms with Crippen LogP contribution in [0, 0.1) is 17.8 Å². The van der Waals surface area contributed by atoms with E-state index in [2.05, 4.69) is 15.6 Å². The molecule has 2 aliphatic heterocycles. The molecule has 1 saturated carbocycles. The van der Waals surface area contributed by atoms with Gasteiger partial charge in [-0.15, -0.1) is 0 Å². The number of nitrogens with zero attached hydrogens (tertiary/aromatic N) is 1. The van der Waals surface area contributed by atoms with E-state index in [1.807, 2.05) is 18.2 Å². The van der Waals surface area contributed by atoms with Crippen molar-refractivity contribution in [2.45, 2.75) is 37.8 Å². The molecule has 5 atom stereocenters. The monoisotopic (exact) mass is 482 g/mol. The number of benzene rings is 1. The van der Waals surface area contributed by atoms with Crippen molar-refractivity contribution >= 4 is 34.4 Å². The molecule has 3 amide bonds. The second-order valence-electron chi connectivity index (χ2n) is 9.71. The summed E-state index contributed by atoms with van der Waals surface area (Å²) in [7, 11) is 1.57. The zero-order valence-electron chi connectivity index (χ0n) is 19.6. The standard InChI is InChI=1S/C25H30N4O6/c1-35-21-4-2-3-17-16(21)10-19(27-17)25(34)29-11-14-5-6-15(14)22(29)24(33)28-18(20(31)12-30)9-13-7-8-26-23(13)32/h2-4,10,13-15,18,22,27,30H,5-9,11-12H2,1H3,(H,26,32)(H,28,33). The summed E-state index contributed by atoms with van der Waals surface area (Å²) in [6.07, 6.45) is 2.48. The van der Waals surface area contributed by atoms with Gasteiger partial charge in [0.2, 0.25) is 11.8 Å². The normalized spacial score (nSPS) is 26.1. The van der Waals surface area contributed by atoms with Crippen LogP contribution in [0.1, 0.15) is 36.2 Å². The van der Waals surface area contributed by atoms with E-state index in [1.54, 1.807) is 18.1 Å². The van der Waals surface area contributed by atoms with Gasteiger partial charge in [0.15, 0.2) is 5.78 Å². The lowest BCUT2D eigenvalue weighted by molar-refractivity contribution is -0.133. The number of carbonyl (C=O) groups excluding carboxylic acids is 4. The highest BCUT2D eigenvalue weighted by Gasteiger charge is 2.52. The largest absolute Gasteiger partial charge is 0.496 e. The van der Waals surface area contributed by atoms with Crippen LogP contribution >= 0.6 is 0 Å². The molecule has 0 spiro atoms. The van der Waals surface area contributed by atoms with Gasteiger partial charge in [-0.1, -0.05) is 6.07 Å². The Morgan fingerprint density at radius 2 is 2.09 bits per heavy atom. The highest BCUT2D eigenvalue weighted by atomic mass is 16.5.